The van der Waals surface area contributed by atoms with Gasteiger partial charge in [-0.15, -0.1) is 0 Å². The van der Waals surface area contributed by atoms with Crippen LogP contribution in [-0.4, -0.2) is 72.6 Å². The van der Waals surface area contributed by atoms with Crippen LogP contribution in [0.3, 0.4) is 0 Å². The van der Waals surface area contributed by atoms with E-state index in [9.17, 15) is 14.0 Å². The molecule has 1 aromatic rings. The van der Waals surface area contributed by atoms with E-state index in [0.717, 1.165) is 5.56 Å². The third-order valence-electron chi connectivity index (χ3n) is 5.10. The lowest BCUT2D eigenvalue weighted by molar-refractivity contribution is -0.0762. The molecular formula is C22H31FN2O5. The zero-order valence-corrected chi connectivity index (χ0v) is 17.9. The number of amides is 2. The molecule has 0 unspecified atom stereocenters. The van der Waals surface area contributed by atoms with Gasteiger partial charge in [-0.25, -0.2) is 14.0 Å². The number of hydrogen-bond acceptors (Lipinski definition) is 5. The highest BCUT2D eigenvalue weighted by Gasteiger charge is 2.37. The summed E-state index contributed by atoms with van der Waals surface area (Å²) >= 11 is 0. The third kappa shape index (κ3) is 6.32. The van der Waals surface area contributed by atoms with Crippen LogP contribution in [0.5, 0.6) is 0 Å². The van der Waals surface area contributed by atoms with Crippen LogP contribution in [0.25, 0.3) is 0 Å². The summed E-state index contributed by atoms with van der Waals surface area (Å²) in [7, 11) is 0. The number of carbonyl (C=O) groups is 2. The molecule has 2 heterocycles. The molecule has 0 spiro atoms. The first-order chi connectivity index (χ1) is 14.2. The molecule has 0 aliphatic carbocycles. The Bertz CT molecular complexity index is 718. The quantitative estimate of drug-likeness (QED) is 0.725. The SMILES string of the molecule is CC(C)(C)OC(=O)N1CC[C@H](OCC2CN(C(=O)OCc3ccccc3)C2)[C@@H](F)C1. The second-order valence-electron chi connectivity index (χ2n) is 8.91. The van der Waals surface area contributed by atoms with Crippen molar-refractivity contribution in [2.24, 2.45) is 5.92 Å². The van der Waals surface area contributed by atoms with Gasteiger partial charge < -0.3 is 24.0 Å². The molecule has 0 aromatic heterocycles. The van der Waals surface area contributed by atoms with E-state index < -0.39 is 24.0 Å². The molecule has 2 fully saturated rings. The molecule has 2 saturated heterocycles. The number of nitrogens with zero attached hydrogens (tertiary/aromatic N) is 2. The van der Waals surface area contributed by atoms with Crippen LogP contribution < -0.4 is 0 Å². The van der Waals surface area contributed by atoms with Gasteiger partial charge in [0.1, 0.15) is 18.4 Å². The molecule has 0 N–H and O–H groups in total. The highest BCUT2D eigenvalue weighted by atomic mass is 19.1. The predicted octanol–water partition coefficient (Wildman–Crippen LogP) is 3.62. The Balaban J connectivity index is 1.32. The Morgan fingerprint density at radius 3 is 2.40 bits per heavy atom. The van der Waals surface area contributed by atoms with E-state index in [1.807, 2.05) is 30.3 Å². The highest BCUT2D eigenvalue weighted by Crippen LogP contribution is 2.23. The number of halogens is 1. The van der Waals surface area contributed by atoms with Crippen LogP contribution >= 0.6 is 0 Å². The summed E-state index contributed by atoms with van der Waals surface area (Å²) < 4.78 is 30.8. The summed E-state index contributed by atoms with van der Waals surface area (Å²) in [4.78, 5) is 27.1. The normalized spacial score (nSPS) is 22.4. The standard InChI is InChI=1S/C22H31FN2O5/c1-22(2,3)30-21(27)24-10-9-19(18(23)13-24)28-15-17-11-25(12-17)20(26)29-14-16-7-5-4-6-8-16/h4-8,17-19H,9-15H2,1-3H3/t18-,19-/m0/s1. The Hall–Kier alpha value is -2.35. The van der Waals surface area contributed by atoms with Gasteiger partial charge in [-0.2, -0.15) is 0 Å². The van der Waals surface area contributed by atoms with Crippen molar-refractivity contribution in [2.75, 3.05) is 32.8 Å². The van der Waals surface area contributed by atoms with Gasteiger partial charge in [0.15, 0.2) is 0 Å². The van der Waals surface area contributed by atoms with Gasteiger partial charge in [0.05, 0.1) is 19.3 Å². The van der Waals surface area contributed by atoms with E-state index in [1.54, 1.807) is 25.7 Å². The van der Waals surface area contributed by atoms with Crippen LogP contribution in [0.4, 0.5) is 14.0 Å². The van der Waals surface area contributed by atoms with Crippen LogP contribution in [0, 0.1) is 5.92 Å². The van der Waals surface area contributed by atoms with Crippen molar-refractivity contribution in [1.29, 1.82) is 0 Å². The van der Waals surface area contributed by atoms with Crippen LogP contribution in [0.2, 0.25) is 0 Å². The monoisotopic (exact) mass is 422 g/mol. The fraction of sp³-hybridized carbons (Fsp3) is 0.636. The van der Waals surface area contributed by atoms with Crippen LogP contribution in [0.15, 0.2) is 30.3 Å². The molecule has 2 atom stereocenters. The Morgan fingerprint density at radius 2 is 1.77 bits per heavy atom. The van der Waals surface area contributed by atoms with E-state index in [2.05, 4.69) is 0 Å². The lowest BCUT2D eigenvalue weighted by Crippen LogP contribution is -2.53. The van der Waals surface area contributed by atoms with Gasteiger partial charge in [-0.05, 0) is 32.8 Å². The fourth-order valence-electron chi connectivity index (χ4n) is 3.46. The topological polar surface area (TPSA) is 68.3 Å². The average molecular weight is 422 g/mol. The summed E-state index contributed by atoms with van der Waals surface area (Å²) in [6.45, 7) is 7.46. The summed E-state index contributed by atoms with van der Waals surface area (Å²) in [6, 6.07) is 9.52. The Labute approximate surface area is 177 Å². The first-order valence-electron chi connectivity index (χ1n) is 10.4. The van der Waals surface area contributed by atoms with E-state index in [0.29, 0.717) is 32.7 Å². The number of alkyl halides is 1. The lowest BCUT2D eigenvalue weighted by Gasteiger charge is -2.40. The molecule has 0 radical (unpaired) electrons. The highest BCUT2D eigenvalue weighted by molar-refractivity contribution is 5.69. The second kappa shape index (κ2) is 9.64. The summed E-state index contributed by atoms with van der Waals surface area (Å²) in [6.07, 6.45) is -2.20. The summed E-state index contributed by atoms with van der Waals surface area (Å²) in [5.41, 5.74) is 0.340. The first-order valence-corrected chi connectivity index (χ1v) is 10.4. The van der Waals surface area contributed by atoms with Crippen molar-refractivity contribution < 1.29 is 28.2 Å². The van der Waals surface area contributed by atoms with E-state index in [4.69, 9.17) is 14.2 Å². The van der Waals surface area contributed by atoms with E-state index in [1.165, 1.54) is 4.90 Å². The van der Waals surface area contributed by atoms with Crippen molar-refractivity contribution in [3.63, 3.8) is 0 Å². The second-order valence-corrected chi connectivity index (χ2v) is 8.91. The number of benzene rings is 1. The minimum absolute atomic E-state index is 0.0256. The molecule has 3 rings (SSSR count). The molecule has 8 heteroatoms. The molecule has 2 aliphatic heterocycles. The first kappa shape index (κ1) is 22.3. The number of carbonyl (C=O) groups excluding carboxylic acids is 2. The maximum Gasteiger partial charge on any atom is 0.410 e. The van der Waals surface area contributed by atoms with Crippen LogP contribution in [-0.2, 0) is 20.8 Å². The van der Waals surface area contributed by atoms with E-state index in [-0.39, 0.29) is 25.2 Å². The van der Waals surface area contributed by atoms with Gasteiger partial charge in [-0.3, -0.25) is 0 Å². The number of likely N-dealkylation sites (tertiary alicyclic amines) is 2. The van der Waals surface area contributed by atoms with Gasteiger partial charge in [-0.1, -0.05) is 30.3 Å². The molecule has 2 aliphatic rings. The Morgan fingerprint density at radius 1 is 1.07 bits per heavy atom. The van der Waals surface area contributed by atoms with Gasteiger partial charge in [0.25, 0.3) is 0 Å². The molecule has 2 amide bonds. The molecule has 1 aromatic carbocycles. The zero-order valence-electron chi connectivity index (χ0n) is 17.9. The van der Waals surface area contributed by atoms with Crippen LogP contribution in [0.1, 0.15) is 32.8 Å². The maximum absolute atomic E-state index is 14.5. The number of hydrogen-bond donors (Lipinski definition) is 0. The number of piperidine rings is 1. The minimum Gasteiger partial charge on any atom is -0.445 e. The van der Waals surface area contributed by atoms with Gasteiger partial charge >= 0.3 is 12.2 Å². The van der Waals surface area contributed by atoms with Crippen molar-refractivity contribution >= 4 is 12.2 Å². The molecule has 0 bridgehead atoms. The van der Waals surface area contributed by atoms with Crippen molar-refractivity contribution in [1.82, 2.24) is 9.80 Å². The summed E-state index contributed by atoms with van der Waals surface area (Å²) in [5, 5.41) is 0. The van der Waals surface area contributed by atoms with Crippen molar-refractivity contribution in [3.05, 3.63) is 35.9 Å². The molecule has 7 nitrogen and oxygen atoms in total. The third-order valence-corrected chi connectivity index (χ3v) is 5.10. The van der Waals surface area contributed by atoms with Gasteiger partial charge in [0, 0.05) is 25.6 Å². The molecule has 30 heavy (non-hydrogen) atoms. The molecule has 166 valence electrons. The zero-order chi connectivity index (χ0) is 21.7. The predicted molar refractivity (Wildman–Crippen MR) is 109 cm³/mol. The molecule has 0 saturated carbocycles. The van der Waals surface area contributed by atoms with E-state index >= 15 is 0 Å². The average Bonchev–Trinajstić information content (AvgIpc) is 2.65. The Kier molecular flexibility index (Phi) is 7.18. The largest absolute Gasteiger partial charge is 0.445 e. The lowest BCUT2D eigenvalue weighted by atomic mass is 10.0. The number of rotatable bonds is 5. The van der Waals surface area contributed by atoms with Gasteiger partial charge in [0.2, 0.25) is 0 Å². The minimum atomic E-state index is -1.25. The maximum atomic E-state index is 14.5. The van der Waals surface area contributed by atoms with Crippen molar-refractivity contribution in [2.45, 2.75) is 51.7 Å². The van der Waals surface area contributed by atoms with Crippen molar-refractivity contribution in [3.8, 4) is 0 Å². The fourth-order valence-corrected chi connectivity index (χ4v) is 3.46. The number of ether oxygens (including phenoxy) is 3. The molecular weight excluding hydrogens is 391 g/mol. The summed E-state index contributed by atoms with van der Waals surface area (Å²) in [5.74, 6) is 0.172. The smallest absolute Gasteiger partial charge is 0.410 e.